The molecule has 3 aromatic rings. The predicted molar refractivity (Wildman–Crippen MR) is 212 cm³/mol. The molecule has 2 N–H and O–H groups in total. The van der Waals surface area contributed by atoms with E-state index >= 15 is 0 Å². The first-order valence-corrected chi connectivity index (χ1v) is 19.9. The summed E-state index contributed by atoms with van der Waals surface area (Å²) in [5.41, 5.74) is 3.70. The number of unbranched alkanes of at least 4 members (excludes halogenated alkanes) is 8. The molecule has 0 atom stereocenters. The maximum atomic E-state index is 11.5. The minimum Gasteiger partial charge on any atom is -1.00 e. The minimum absolute atomic E-state index is 0. The molecule has 8 nitrogen and oxygen atoms in total. The largest absolute Gasteiger partial charge is 1.00 e. The van der Waals surface area contributed by atoms with Crippen LogP contribution in [0.4, 0.5) is 11.4 Å². The summed E-state index contributed by atoms with van der Waals surface area (Å²) in [7, 11) is 0. The zero-order chi connectivity index (χ0) is 36.9. The monoisotopic (exact) mass is 858 g/mol. The molecular formula is C39H51BrCl4N4O4. The number of aliphatic carboxylic acids is 2. The van der Waals surface area contributed by atoms with Crippen LogP contribution in [0.3, 0.4) is 0 Å². The van der Waals surface area contributed by atoms with Crippen LogP contribution >= 0.6 is 46.4 Å². The number of hydrogen-bond acceptors (Lipinski definition) is 4. The fourth-order valence-corrected chi connectivity index (χ4v) is 7.38. The third-order valence-corrected chi connectivity index (χ3v) is 10.8. The Morgan fingerprint density at radius 3 is 1.75 bits per heavy atom. The first kappa shape index (κ1) is 44.0. The summed E-state index contributed by atoms with van der Waals surface area (Å²) < 4.78 is 4.40. The molecule has 0 spiro atoms. The van der Waals surface area contributed by atoms with Crippen molar-refractivity contribution in [3.63, 3.8) is 0 Å². The van der Waals surface area contributed by atoms with Gasteiger partial charge in [0, 0.05) is 44.1 Å². The quantitative estimate of drug-likeness (QED) is 0.0780. The van der Waals surface area contributed by atoms with Crippen LogP contribution in [-0.2, 0) is 22.7 Å². The van der Waals surface area contributed by atoms with E-state index in [-0.39, 0.29) is 29.8 Å². The highest BCUT2D eigenvalue weighted by molar-refractivity contribution is 6.43. The topological polar surface area (TPSA) is 89.9 Å². The molecule has 1 aromatic heterocycles. The van der Waals surface area contributed by atoms with Crippen molar-refractivity contribution in [1.29, 1.82) is 0 Å². The van der Waals surface area contributed by atoms with Gasteiger partial charge in [-0.25, -0.2) is 9.13 Å². The zero-order valence-electron chi connectivity index (χ0n) is 30.2. The predicted octanol–water partition coefficient (Wildman–Crippen LogP) is 8.40. The first-order chi connectivity index (χ1) is 24.6. The molecule has 0 radical (unpaired) electrons. The SMILES string of the molecule is CCCCCCCN1/C(=C\C=C\c2n(CCCCCCC)c3cc(Cl)c(Cl)cc3[n+]2CCCC(=O)O)N(CCCC(=O)O)c2cc(Cl)c(Cl)cc21.[Br-]. The van der Waals surface area contributed by atoms with E-state index in [1.807, 2.05) is 30.3 Å². The zero-order valence-corrected chi connectivity index (χ0v) is 34.8. The lowest BCUT2D eigenvalue weighted by Crippen LogP contribution is -3.00. The van der Waals surface area contributed by atoms with Gasteiger partial charge in [0.1, 0.15) is 5.82 Å². The molecule has 2 heterocycles. The number of anilines is 2. The number of benzene rings is 2. The first-order valence-electron chi connectivity index (χ1n) is 18.3. The van der Waals surface area contributed by atoms with E-state index in [1.165, 1.54) is 25.7 Å². The Hall–Kier alpha value is -2.43. The van der Waals surface area contributed by atoms with Crippen molar-refractivity contribution in [2.24, 2.45) is 0 Å². The summed E-state index contributed by atoms with van der Waals surface area (Å²) in [5.74, 6) is 0.173. The summed E-state index contributed by atoms with van der Waals surface area (Å²) in [4.78, 5) is 27.4. The number of carboxylic acids is 2. The molecule has 2 aromatic carbocycles. The average Bonchev–Trinajstić information content (AvgIpc) is 3.50. The maximum Gasteiger partial charge on any atom is 0.303 e. The lowest BCUT2D eigenvalue weighted by atomic mass is 10.1. The average molecular weight is 862 g/mol. The van der Waals surface area contributed by atoms with E-state index in [1.54, 1.807) is 0 Å². The molecule has 0 saturated heterocycles. The third kappa shape index (κ3) is 11.8. The van der Waals surface area contributed by atoms with Crippen molar-refractivity contribution in [3.8, 4) is 0 Å². The van der Waals surface area contributed by atoms with Crippen LogP contribution in [0.15, 0.2) is 42.2 Å². The van der Waals surface area contributed by atoms with Gasteiger partial charge in [-0.05, 0) is 50.3 Å². The Bertz CT molecular complexity index is 1730. The number of imidazole rings is 1. The molecule has 0 aliphatic carbocycles. The number of nitrogens with zero attached hydrogens (tertiary/aromatic N) is 4. The smallest absolute Gasteiger partial charge is 0.303 e. The molecule has 286 valence electrons. The van der Waals surface area contributed by atoms with Gasteiger partial charge in [0.2, 0.25) is 0 Å². The van der Waals surface area contributed by atoms with Gasteiger partial charge >= 0.3 is 11.9 Å². The number of aryl methyl sites for hydroxylation is 2. The minimum atomic E-state index is -0.836. The van der Waals surface area contributed by atoms with Crippen molar-refractivity contribution in [2.75, 3.05) is 22.9 Å². The normalized spacial score (nSPS) is 13.5. The highest BCUT2D eigenvalue weighted by Crippen LogP contribution is 2.46. The maximum absolute atomic E-state index is 11.5. The van der Waals surface area contributed by atoms with Gasteiger partial charge in [-0.2, -0.15) is 0 Å². The standard InChI is InChI=1S/C39H50Cl4N4O4.BrH/c1-3-5-7-9-11-20-44-32-24-28(40)30(42)26-34(32)46(22-14-18-38(48)49)36(44)16-13-17-37-45(21-12-10-8-6-4-2)33-25-29(41)31(43)27-35(33)47(37)23-15-19-39(50)51;/h13,16-17,24-27H,3-12,14-15,18-23H2,1-2H3,(H-,48,49,50,51);1H. The second kappa shape index (κ2) is 22.1. The van der Waals surface area contributed by atoms with Gasteiger partial charge in [0.25, 0.3) is 5.82 Å². The summed E-state index contributed by atoms with van der Waals surface area (Å²) in [6.07, 6.45) is 18.4. The number of aromatic nitrogens is 2. The number of allylic oxidation sites excluding steroid dienone is 2. The Kier molecular flexibility index (Phi) is 18.7. The molecule has 0 bridgehead atoms. The van der Waals surface area contributed by atoms with Gasteiger partial charge in [0.15, 0.2) is 11.0 Å². The molecule has 13 heteroatoms. The molecule has 4 rings (SSSR count). The Morgan fingerprint density at radius 1 is 0.673 bits per heavy atom. The van der Waals surface area contributed by atoms with E-state index in [4.69, 9.17) is 46.4 Å². The van der Waals surface area contributed by atoms with Crippen LogP contribution in [0, 0.1) is 0 Å². The number of carbonyl (C=O) groups is 2. The fraction of sp³-hybridized carbons (Fsp3) is 0.513. The van der Waals surface area contributed by atoms with E-state index in [2.05, 4.69) is 44.9 Å². The van der Waals surface area contributed by atoms with Crippen LogP contribution in [0.2, 0.25) is 20.1 Å². The molecule has 0 amide bonds. The lowest BCUT2D eigenvalue weighted by molar-refractivity contribution is -0.674. The second-order valence-electron chi connectivity index (χ2n) is 13.2. The van der Waals surface area contributed by atoms with Gasteiger partial charge in [-0.15, -0.1) is 0 Å². The van der Waals surface area contributed by atoms with Gasteiger partial charge in [0.05, 0.1) is 44.6 Å². The highest BCUT2D eigenvalue weighted by atomic mass is 79.9. The van der Waals surface area contributed by atoms with E-state index in [0.717, 1.165) is 85.7 Å². The number of carboxylic acid groups (broad SMARTS) is 2. The van der Waals surface area contributed by atoms with Crippen LogP contribution in [0.5, 0.6) is 0 Å². The Balaban J connectivity index is 0.00000729. The summed E-state index contributed by atoms with van der Waals surface area (Å²) in [6.45, 7) is 6.94. The van der Waals surface area contributed by atoms with Crippen LogP contribution < -0.4 is 31.3 Å². The fourth-order valence-electron chi connectivity index (χ4n) is 6.75. The summed E-state index contributed by atoms with van der Waals surface area (Å²) >= 11 is 26.2. The van der Waals surface area contributed by atoms with Crippen molar-refractivity contribution >= 4 is 86.8 Å². The van der Waals surface area contributed by atoms with Crippen LogP contribution in [-0.4, -0.2) is 39.8 Å². The van der Waals surface area contributed by atoms with Crippen molar-refractivity contribution < 1.29 is 41.4 Å². The summed E-state index contributed by atoms with van der Waals surface area (Å²) in [5, 5.41) is 20.7. The number of rotatable bonds is 22. The van der Waals surface area contributed by atoms with E-state index < -0.39 is 11.9 Å². The molecule has 0 fully saturated rings. The summed E-state index contributed by atoms with van der Waals surface area (Å²) in [6, 6.07) is 7.55. The number of halogens is 5. The number of fused-ring (bicyclic) bond motifs is 2. The molecule has 1 aliphatic heterocycles. The second-order valence-corrected chi connectivity index (χ2v) is 14.8. The van der Waals surface area contributed by atoms with Gasteiger partial charge in [-0.1, -0.05) is 111 Å². The van der Waals surface area contributed by atoms with Gasteiger partial charge in [-0.3, -0.25) is 9.59 Å². The van der Waals surface area contributed by atoms with Crippen LogP contribution in [0.25, 0.3) is 17.1 Å². The highest BCUT2D eigenvalue weighted by Gasteiger charge is 2.32. The Morgan fingerprint density at radius 2 is 1.17 bits per heavy atom. The van der Waals surface area contributed by atoms with E-state index in [0.29, 0.717) is 46.0 Å². The lowest BCUT2D eigenvalue weighted by Gasteiger charge is -2.25. The number of hydrogen-bond donors (Lipinski definition) is 2. The Labute approximate surface area is 338 Å². The molecule has 1 aliphatic rings. The van der Waals surface area contributed by atoms with Crippen molar-refractivity contribution in [2.45, 2.75) is 117 Å². The van der Waals surface area contributed by atoms with Crippen molar-refractivity contribution in [3.05, 3.63) is 68.2 Å². The van der Waals surface area contributed by atoms with Gasteiger partial charge < -0.3 is 37.0 Å². The molecule has 0 unspecified atom stereocenters. The molecule has 52 heavy (non-hydrogen) atoms. The van der Waals surface area contributed by atoms with Crippen LogP contribution in [0.1, 0.15) is 110 Å². The molecule has 0 saturated carbocycles. The third-order valence-electron chi connectivity index (χ3n) is 9.31. The van der Waals surface area contributed by atoms with E-state index in [9.17, 15) is 19.8 Å². The molecular weight excluding hydrogens is 810 g/mol. The van der Waals surface area contributed by atoms with Crippen molar-refractivity contribution in [1.82, 2.24) is 4.57 Å².